The molecule has 0 aromatic heterocycles. The highest BCUT2D eigenvalue weighted by atomic mass is 35.5. The van der Waals surface area contributed by atoms with Crippen LogP contribution in [0.4, 0.5) is 30.7 Å². The lowest BCUT2D eigenvalue weighted by molar-refractivity contribution is -0.359. The zero-order chi connectivity index (χ0) is 16.0. The fraction of sp³-hybridized carbons (Fsp3) is 0.900. The predicted molar refractivity (Wildman–Crippen MR) is 56.1 cm³/mol. The van der Waals surface area contributed by atoms with Crippen molar-refractivity contribution in [3.8, 4) is 0 Å². The molecule has 0 saturated heterocycles. The Kier molecular flexibility index (Phi) is 7.06. The van der Waals surface area contributed by atoms with Gasteiger partial charge in [-0.1, -0.05) is 6.42 Å². The van der Waals surface area contributed by atoms with E-state index in [9.17, 15) is 35.5 Å². The first-order chi connectivity index (χ1) is 8.95. The van der Waals surface area contributed by atoms with Gasteiger partial charge in [-0.25, -0.2) is 0 Å². The fourth-order valence-electron chi connectivity index (χ4n) is 1.08. The van der Waals surface area contributed by atoms with Crippen LogP contribution in [-0.4, -0.2) is 36.5 Å². The van der Waals surface area contributed by atoms with Crippen LogP contribution in [0.15, 0.2) is 0 Å². The van der Waals surface area contributed by atoms with Crippen LogP contribution in [-0.2, 0) is 9.53 Å². The Morgan fingerprint density at radius 1 is 0.950 bits per heavy atom. The van der Waals surface area contributed by atoms with Crippen molar-refractivity contribution in [2.24, 2.45) is 0 Å². The third-order valence-corrected chi connectivity index (χ3v) is 2.51. The molecule has 0 aliphatic carbocycles. The second-order valence-electron chi connectivity index (χ2n) is 3.94. The summed E-state index contributed by atoms with van der Waals surface area (Å²) in [5.41, 5.74) is 0. The fourth-order valence-corrected chi connectivity index (χ4v) is 1.27. The second kappa shape index (κ2) is 7.33. The topological polar surface area (TPSA) is 26.3 Å². The van der Waals surface area contributed by atoms with Gasteiger partial charge in [0.25, 0.3) is 0 Å². The van der Waals surface area contributed by atoms with E-state index >= 15 is 0 Å². The van der Waals surface area contributed by atoms with Crippen LogP contribution in [0.5, 0.6) is 0 Å². The largest absolute Gasteiger partial charge is 0.460 e. The van der Waals surface area contributed by atoms with Crippen LogP contribution < -0.4 is 0 Å². The molecular formula is C10H12ClF7O2. The van der Waals surface area contributed by atoms with E-state index in [1.807, 2.05) is 0 Å². The number of halogens is 8. The monoisotopic (exact) mass is 332 g/mol. The molecule has 0 amide bonds. The number of alkyl halides is 8. The molecule has 0 heterocycles. The molecule has 10 heteroatoms. The molecule has 0 aromatic rings. The molecule has 20 heavy (non-hydrogen) atoms. The van der Waals surface area contributed by atoms with Crippen molar-refractivity contribution in [3.05, 3.63) is 0 Å². The van der Waals surface area contributed by atoms with Gasteiger partial charge in [0.15, 0.2) is 6.61 Å². The minimum atomic E-state index is -6.43. The number of hydrogen-bond acceptors (Lipinski definition) is 2. The SMILES string of the molecule is O=C(CCCCCCl)OCC(F)(F)C(F)(F)C(F)(F)F. The van der Waals surface area contributed by atoms with Gasteiger partial charge in [-0.2, -0.15) is 30.7 Å². The van der Waals surface area contributed by atoms with Gasteiger partial charge in [0.05, 0.1) is 0 Å². The third kappa shape index (κ3) is 5.34. The molecule has 0 saturated carbocycles. The molecule has 0 N–H and O–H groups in total. The lowest BCUT2D eigenvalue weighted by Crippen LogP contribution is -2.54. The van der Waals surface area contributed by atoms with Gasteiger partial charge in [0.2, 0.25) is 0 Å². The van der Waals surface area contributed by atoms with Crippen LogP contribution in [0, 0.1) is 0 Å². The van der Waals surface area contributed by atoms with Gasteiger partial charge >= 0.3 is 24.0 Å². The third-order valence-electron chi connectivity index (χ3n) is 2.24. The van der Waals surface area contributed by atoms with Gasteiger partial charge in [0.1, 0.15) is 0 Å². The molecule has 0 aliphatic rings. The van der Waals surface area contributed by atoms with Crippen molar-refractivity contribution in [1.29, 1.82) is 0 Å². The number of esters is 1. The van der Waals surface area contributed by atoms with Crippen molar-refractivity contribution in [2.45, 2.75) is 43.7 Å². The van der Waals surface area contributed by atoms with E-state index in [1.54, 1.807) is 0 Å². The van der Waals surface area contributed by atoms with E-state index in [4.69, 9.17) is 11.6 Å². The second-order valence-corrected chi connectivity index (χ2v) is 4.31. The summed E-state index contributed by atoms with van der Waals surface area (Å²) in [6.07, 6.45) is -5.54. The Balaban J connectivity index is 4.32. The zero-order valence-corrected chi connectivity index (χ0v) is 10.8. The smallest absolute Gasteiger partial charge is 0.459 e. The zero-order valence-electron chi connectivity index (χ0n) is 10.1. The summed E-state index contributed by atoms with van der Waals surface area (Å²) in [5.74, 6) is -12.7. The van der Waals surface area contributed by atoms with E-state index in [0.29, 0.717) is 18.7 Å². The summed E-state index contributed by atoms with van der Waals surface area (Å²) in [4.78, 5) is 10.9. The number of carbonyl (C=O) groups is 1. The maximum Gasteiger partial charge on any atom is 0.460 e. The molecule has 0 rings (SSSR count). The number of ether oxygens (including phenoxy) is 1. The molecule has 0 aromatic carbocycles. The first kappa shape index (κ1) is 19.3. The molecule has 2 nitrogen and oxygen atoms in total. The lowest BCUT2D eigenvalue weighted by Gasteiger charge is -2.27. The first-order valence-corrected chi connectivity index (χ1v) is 6.03. The summed E-state index contributed by atoms with van der Waals surface area (Å²) in [6.45, 7) is -2.33. The number of rotatable bonds is 8. The maximum atomic E-state index is 12.7. The highest BCUT2D eigenvalue weighted by molar-refractivity contribution is 6.17. The highest BCUT2D eigenvalue weighted by Crippen LogP contribution is 2.46. The van der Waals surface area contributed by atoms with Gasteiger partial charge in [-0.05, 0) is 12.8 Å². The standard InChI is InChI=1S/C10H12ClF7O2/c11-5-3-1-2-4-7(19)20-6-8(12,13)9(14,15)10(16,17)18/h1-6H2. The van der Waals surface area contributed by atoms with Gasteiger partial charge < -0.3 is 4.74 Å². The summed E-state index contributed by atoms with van der Waals surface area (Å²) in [7, 11) is 0. The minimum absolute atomic E-state index is 0.215. The van der Waals surface area contributed by atoms with E-state index in [2.05, 4.69) is 4.74 Å². The predicted octanol–water partition coefficient (Wildman–Crippen LogP) is 4.16. The minimum Gasteiger partial charge on any atom is -0.459 e. The normalized spacial score (nSPS) is 13.4. The van der Waals surface area contributed by atoms with Gasteiger partial charge in [-0.3, -0.25) is 4.79 Å². The molecule has 0 aliphatic heterocycles. The molecule has 120 valence electrons. The Hall–Kier alpha value is -0.730. The Morgan fingerprint density at radius 2 is 1.50 bits per heavy atom. The Morgan fingerprint density at radius 3 is 1.95 bits per heavy atom. The van der Waals surface area contributed by atoms with Crippen molar-refractivity contribution in [2.75, 3.05) is 12.5 Å². The van der Waals surface area contributed by atoms with Crippen LogP contribution in [0.3, 0.4) is 0 Å². The van der Waals surface area contributed by atoms with Crippen molar-refractivity contribution >= 4 is 17.6 Å². The lowest BCUT2D eigenvalue weighted by atomic mass is 10.1. The molecule has 0 spiro atoms. The molecule has 0 atom stereocenters. The average molecular weight is 333 g/mol. The average Bonchev–Trinajstić information content (AvgIpc) is 2.30. The van der Waals surface area contributed by atoms with Crippen LogP contribution >= 0.6 is 11.6 Å². The van der Waals surface area contributed by atoms with E-state index < -0.39 is 30.6 Å². The maximum absolute atomic E-state index is 12.7. The van der Waals surface area contributed by atoms with E-state index in [1.165, 1.54) is 0 Å². The van der Waals surface area contributed by atoms with E-state index in [-0.39, 0.29) is 12.8 Å². The Labute approximate surface area is 115 Å². The summed E-state index contributed by atoms with van der Waals surface area (Å²) in [5, 5.41) is 0. The van der Waals surface area contributed by atoms with Crippen molar-refractivity contribution < 1.29 is 40.3 Å². The van der Waals surface area contributed by atoms with Crippen molar-refractivity contribution in [3.63, 3.8) is 0 Å². The molecular weight excluding hydrogens is 321 g/mol. The summed E-state index contributed by atoms with van der Waals surface area (Å²) < 4.78 is 89.4. The van der Waals surface area contributed by atoms with Crippen LogP contribution in [0.25, 0.3) is 0 Å². The van der Waals surface area contributed by atoms with Gasteiger partial charge in [0, 0.05) is 12.3 Å². The molecule has 0 radical (unpaired) electrons. The van der Waals surface area contributed by atoms with Crippen LogP contribution in [0.2, 0.25) is 0 Å². The number of unbranched alkanes of at least 4 members (excludes halogenated alkanes) is 2. The van der Waals surface area contributed by atoms with Crippen molar-refractivity contribution in [1.82, 2.24) is 0 Å². The van der Waals surface area contributed by atoms with E-state index in [0.717, 1.165) is 0 Å². The molecule has 0 bridgehead atoms. The Bertz CT molecular complexity index is 317. The van der Waals surface area contributed by atoms with Gasteiger partial charge in [-0.15, -0.1) is 11.6 Å². The highest BCUT2D eigenvalue weighted by Gasteiger charge is 2.73. The summed E-state index contributed by atoms with van der Waals surface area (Å²) in [6, 6.07) is 0. The quantitative estimate of drug-likeness (QED) is 0.289. The molecule has 0 unspecified atom stereocenters. The number of hydrogen-bond donors (Lipinski definition) is 0. The van der Waals surface area contributed by atoms with Crippen LogP contribution in [0.1, 0.15) is 25.7 Å². The summed E-state index contributed by atoms with van der Waals surface area (Å²) >= 11 is 5.33. The first-order valence-electron chi connectivity index (χ1n) is 5.49. The molecule has 0 fully saturated rings. The number of carbonyl (C=O) groups excluding carboxylic acids is 1.